The number of carbonyl (C=O) groups excluding carboxylic acids is 1. The number of alkyl halides is 3. The van der Waals surface area contributed by atoms with E-state index in [1.807, 2.05) is 0 Å². The maximum atomic E-state index is 13.1. The minimum Gasteiger partial charge on any atom is -0.373 e. The maximum absolute atomic E-state index is 13.1. The second-order valence-corrected chi connectivity index (χ2v) is 3.32. The van der Waals surface area contributed by atoms with Crippen molar-refractivity contribution in [2.75, 3.05) is 13.2 Å². The molecule has 0 N–H and O–H groups in total. The van der Waals surface area contributed by atoms with Gasteiger partial charge in [0, 0.05) is 0 Å². The van der Waals surface area contributed by atoms with Gasteiger partial charge in [0.1, 0.15) is 12.4 Å². The fourth-order valence-electron chi connectivity index (χ4n) is 1.12. The van der Waals surface area contributed by atoms with E-state index in [2.05, 4.69) is 4.74 Å². The van der Waals surface area contributed by atoms with Crippen molar-refractivity contribution in [3.05, 3.63) is 35.6 Å². The molecule has 1 rings (SSSR count). The normalized spacial score (nSPS) is 11.5. The third-order valence-electron chi connectivity index (χ3n) is 1.94. The van der Waals surface area contributed by atoms with Crippen LogP contribution in [0.1, 0.15) is 16.8 Å². The summed E-state index contributed by atoms with van der Waals surface area (Å²) in [6, 6.07) is 5.23. The summed E-state index contributed by atoms with van der Waals surface area (Å²) in [6.45, 7) is -1.17. The Balaban J connectivity index is 2.39. The molecule has 6 heteroatoms. The van der Waals surface area contributed by atoms with Crippen molar-refractivity contribution < 1.29 is 27.1 Å². The van der Waals surface area contributed by atoms with Crippen LogP contribution in [0.2, 0.25) is 0 Å². The lowest BCUT2D eigenvalue weighted by atomic mass is 10.1. The first kappa shape index (κ1) is 13.6. The summed E-state index contributed by atoms with van der Waals surface area (Å²) < 4.78 is 52.9. The third-order valence-corrected chi connectivity index (χ3v) is 1.94. The van der Waals surface area contributed by atoms with Crippen molar-refractivity contribution in [3.8, 4) is 0 Å². The number of Topliss-reactive ketones (excluding diaryl/α,β-unsaturated/α-hetero) is 1. The molecule has 0 bridgehead atoms. The lowest BCUT2D eigenvalue weighted by molar-refractivity contribution is -0.144. The van der Waals surface area contributed by atoms with Crippen molar-refractivity contribution in [1.82, 2.24) is 0 Å². The van der Waals surface area contributed by atoms with Gasteiger partial charge < -0.3 is 4.74 Å². The largest absolute Gasteiger partial charge is 0.391 e. The molecular formula is C11H10F4O2. The Morgan fingerprint density at radius 1 is 1.24 bits per heavy atom. The van der Waals surface area contributed by atoms with Crippen LogP contribution in [0.15, 0.2) is 24.3 Å². The van der Waals surface area contributed by atoms with Crippen LogP contribution in [-0.4, -0.2) is 25.2 Å². The molecule has 2 nitrogen and oxygen atoms in total. The average Bonchev–Trinajstić information content (AvgIpc) is 2.23. The van der Waals surface area contributed by atoms with Crippen molar-refractivity contribution in [2.24, 2.45) is 0 Å². The van der Waals surface area contributed by atoms with Gasteiger partial charge in [-0.1, -0.05) is 12.1 Å². The summed E-state index contributed by atoms with van der Waals surface area (Å²) in [4.78, 5) is 11.3. The number of carbonyl (C=O) groups is 1. The van der Waals surface area contributed by atoms with E-state index in [0.29, 0.717) is 0 Å². The summed E-state index contributed by atoms with van der Waals surface area (Å²) in [7, 11) is 0. The van der Waals surface area contributed by atoms with Gasteiger partial charge in [0.25, 0.3) is 0 Å². The van der Waals surface area contributed by atoms with Gasteiger partial charge in [-0.05, 0) is 12.1 Å². The second kappa shape index (κ2) is 5.77. The van der Waals surface area contributed by atoms with Crippen LogP contribution in [0.25, 0.3) is 0 Å². The fraction of sp³-hybridized carbons (Fsp3) is 0.364. The van der Waals surface area contributed by atoms with E-state index >= 15 is 0 Å². The molecule has 0 aliphatic rings. The Kier molecular flexibility index (Phi) is 4.62. The number of hydrogen-bond acceptors (Lipinski definition) is 2. The summed E-state index contributed by atoms with van der Waals surface area (Å²) in [5, 5.41) is 0. The van der Waals surface area contributed by atoms with Crippen LogP contribution in [0.5, 0.6) is 0 Å². The van der Waals surface area contributed by atoms with Gasteiger partial charge in [0.2, 0.25) is 0 Å². The van der Waals surface area contributed by atoms with Gasteiger partial charge in [-0.2, -0.15) is 13.2 Å². The Hall–Kier alpha value is -1.43. The lowest BCUT2D eigenvalue weighted by Gasteiger charge is -2.07. The predicted molar refractivity (Wildman–Crippen MR) is 52.2 cm³/mol. The molecule has 0 heterocycles. The van der Waals surface area contributed by atoms with Gasteiger partial charge in [-0.15, -0.1) is 0 Å². The fourth-order valence-corrected chi connectivity index (χ4v) is 1.12. The Labute approximate surface area is 95.2 Å². The molecule has 0 atom stereocenters. The van der Waals surface area contributed by atoms with Crippen molar-refractivity contribution in [3.63, 3.8) is 0 Å². The number of benzene rings is 1. The standard InChI is InChI=1S/C11H10F4O2/c12-9-4-2-1-3-8(9)10(16)7-17-6-5-11(13,14)15/h1-4H,5-7H2. The summed E-state index contributed by atoms with van der Waals surface area (Å²) in [5.74, 6) is -1.39. The zero-order valence-electron chi connectivity index (χ0n) is 8.76. The Morgan fingerprint density at radius 3 is 2.47 bits per heavy atom. The van der Waals surface area contributed by atoms with Gasteiger partial charge in [0.15, 0.2) is 5.78 Å². The molecule has 0 amide bonds. The maximum Gasteiger partial charge on any atom is 0.391 e. The van der Waals surface area contributed by atoms with E-state index in [-0.39, 0.29) is 5.56 Å². The van der Waals surface area contributed by atoms with Crippen molar-refractivity contribution >= 4 is 5.78 Å². The van der Waals surface area contributed by atoms with Crippen LogP contribution in [0.4, 0.5) is 17.6 Å². The molecule has 1 aromatic carbocycles. The first-order valence-electron chi connectivity index (χ1n) is 4.82. The molecule has 0 spiro atoms. The second-order valence-electron chi connectivity index (χ2n) is 3.32. The molecule has 0 aromatic heterocycles. The SMILES string of the molecule is O=C(COCCC(F)(F)F)c1ccccc1F. The van der Waals surface area contributed by atoms with Crippen LogP contribution in [0, 0.1) is 5.82 Å². The molecule has 94 valence electrons. The zero-order chi connectivity index (χ0) is 12.9. The monoisotopic (exact) mass is 250 g/mol. The zero-order valence-corrected chi connectivity index (χ0v) is 8.76. The Morgan fingerprint density at radius 2 is 1.88 bits per heavy atom. The lowest BCUT2D eigenvalue weighted by Crippen LogP contribution is -2.16. The highest BCUT2D eigenvalue weighted by atomic mass is 19.4. The number of rotatable bonds is 5. The molecule has 0 aliphatic carbocycles. The molecule has 0 fully saturated rings. The number of ketones is 1. The van der Waals surface area contributed by atoms with Gasteiger partial charge in [0.05, 0.1) is 18.6 Å². The summed E-state index contributed by atoms with van der Waals surface area (Å²) in [6.07, 6.45) is -5.45. The summed E-state index contributed by atoms with van der Waals surface area (Å²) >= 11 is 0. The minimum absolute atomic E-state index is 0.181. The quantitative estimate of drug-likeness (QED) is 0.456. The Bertz CT molecular complexity index is 387. The van der Waals surface area contributed by atoms with Crippen molar-refractivity contribution in [1.29, 1.82) is 0 Å². The smallest absolute Gasteiger partial charge is 0.373 e. The highest BCUT2D eigenvalue weighted by molar-refractivity contribution is 5.97. The van der Waals surface area contributed by atoms with E-state index in [1.54, 1.807) is 0 Å². The third kappa shape index (κ3) is 4.95. The number of ether oxygens (including phenoxy) is 1. The van der Waals surface area contributed by atoms with Crippen LogP contribution >= 0.6 is 0 Å². The van der Waals surface area contributed by atoms with E-state index in [1.165, 1.54) is 18.2 Å². The molecule has 0 saturated carbocycles. The van der Waals surface area contributed by atoms with E-state index in [9.17, 15) is 22.4 Å². The van der Waals surface area contributed by atoms with Crippen LogP contribution < -0.4 is 0 Å². The molecular weight excluding hydrogens is 240 g/mol. The van der Waals surface area contributed by atoms with E-state index < -0.39 is 37.4 Å². The van der Waals surface area contributed by atoms with Gasteiger partial charge in [-0.25, -0.2) is 4.39 Å². The molecule has 0 aliphatic heterocycles. The van der Waals surface area contributed by atoms with E-state index in [0.717, 1.165) is 6.07 Å². The summed E-state index contributed by atoms with van der Waals surface area (Å²) in [5.41, 5.74) is -0.181. The van der Waals surface area contributed by atoms with Crippen LogP contribution in [0.3, 0.4) is 0 Å². The highest BCUT2D eigenvalue weighted by Gasteiger charge is 2.26. The first-order chi connectivity index (χ1) is 7.90. The number of hydrogen-bond donors (Lipinski definition) is 0. The van der Waals surface area contributed by atoms with Gasteiger partial charge >= 0.3 is 6.18 Å². The van der Waals surface area contributed by atoms with E-state index in [4.69, 9.17) is 0 Å². The molecule has 0 saturated heterocycles. The predicted octanol–water partition coefficient (Wildman–Crippen LogP) is 2.98. The number of halogens is 4. The highest BCUT2D eigenvalue weighted by Crippen LogP contribution is 2.19. The molecule has 1 aromatic rings. The topological polar surface area (TPSA) is 26.3 Å². The average molecular weight is 250 g/mol. The first-order valence-corrected chi connectivity index (χ1v) is 4.82. The van der Waals surface area contributed by atoms with Gasteiger partial charge in [-0.3, -0.25) is 4.79 Å². The van der Waals surface area contributed by atoms with Crippen LogP contribution in [-0.2, 0) is 4.74 Å². The molecule has 0 radical (unpaired) electrons. The molecule has 17 heavy (non-hydrogen) atoms. The molecule has 0 unspecified atom stereocenters. The minimum atomic E-state index is -4.32. The van der Waals surface area contributed by atoms with Crippen molar-refractivity contribution in [2.45, 2.75) is 12.6 Å².